The van der Waals surface area contributed by atoms with E-state index in [9.17, 15) is 8.78 Å². The Labute approximate surface area is 115 Å². The van der Waals surface area contributed by atoms with Gasteiger partial charge in [-0.25, -0.2) is 0 Å². The lowest BCUT2D eigenvalue weighted by Gasteiger charge is -2.06. The third kappa shape index (κ3) is 4.35. The van der Waals surface area contributed by atoms with Gasteiger partial charge in [0.25, 0.3) is 0 Å². The zero-order valence-corrected chi connectivity index (χ0v) is 10.6. The molecule has 0 aliphatic carbocycles. The lowest BCUT2D eigenvalue weighted by atomic mass is 10.2. The largest absolute Gasteiger partial charge is 0.434 e. The van der Waals surface area contributed by atoms with Crippen molar-refractivity contribution in [1.82, 2.24) is 0 Å². The number of hydrogen-bond acceptors (Lipinski definition) is 3. The second-order valence-electron chi connectivity index (χ2n) is 3.91. The SMILES string of the molecule is FC(F)Oc1ccccc1/C=N/OCc1ccccc1. The fraction of sp³-hybridized carbons (Fsp3) is 0.133. The number of ether oxygens (including phenoxy) is 1. The highest BCUT2D eigenvalue weighted by Crippen LogP contribution is 2.18. The van der Waals surface area contributed by atoms with Crippen molar-refractivity contribution in [1.29, 1.82) is 0 Å². The fourth-order valence-corrected chi connectivity index (χ4v) is 1.57. The molecule has 0 N–H and O–H groups in total. The maximum atomic E-state index is 12.2. The van der Waals surface area contributed by atoms with E-state index in [4.69, 9.17) is 4.84 Å². The summed E-state index contributed by atoms with van der Waals surface area (Å²) >= 11 is 0. The number of para-hydroxylation sites is 1. The summed E-state index contributed by atoms with van der Waals surface area (Å²) < 4.78 is 28.8. The van der Waals surface area contributed by atoms with E-state index >= 15 is 0 Å². The lowest BCUT2D eigenvalue weighted by Crippen LogP contribution is -2.04. The van der Waals surface area contributed by atoms with Crippen LogP contribution in [0.25, 0.3) is 0 Å². The highest BCUT2D eigenvalue weighted by Gasteiger charge is 2.07. The van der Waals surface area contributed by atoms with E-state index in [1.165, 1.54) is 12.3 Å². The summed E-state index contributed by atoms with van der Waals surface area (Å²) in [5, 5.41) is 3.75. The van der Waals surface area contributed by atoms with E-state index in [2.05, 4.69) is 9.89 Å². The van der Waals surface area contributed by atoms with Crippen molar-refractivity contribution in [2.24, 2.45) is 5.16 Å². The van der Waals surface area contributed by atoms with Gasteiger partial charge in [0.05, 0.1) is 6.21 Å². The van der Waals surface area contributed by atoms with Gasteiger partial charge in [0.1, 0.15) is 12.4 Å². The Morgan fingerprint density at radius 2 is 1.70 bits per heavy atom. The van der Waals surface area contributed by atoms with E-state index in [1.54, 1.807) is 18.2 Å². The molecule has 2 aromatic carbocycles. The second-order valence-corrected chi connectivity index (χ2v) is 3.91. The first-order valence-corrected chi connectivity index (χ1v) is 5.99. The third-order valence-corrected chi connectivity index (χ3v) is 2.48. The minimum absolute atomic E-state index is 0.0644. The van der Waals surface area contributed by atoms with Crippen molar-refractivity contribution < 1.29 is 18.4 Å². The Balaban J connectivity index is 1.94. The minimum Gasteiger partial charge on any atom is -0.434 e. The van der Waals surface area contributed by atoms with E-state index in [0.717, 1.165) is 5.56 Å². The van der Waals surface area contributed by atoms with Crippen LogP contribution < -0.4 is 4.74 Å². The summed E-state index contributed by atoms with van der Waals surface area (Å²) in [5.74, 6) is 0.0644. The number of oxime groups is 1. The number of hydrogen-bond donors (Lipinski definition) is 0. The van der Waals surface area contributed by atoms with Gasteiger partial charge in [-0.15, -0.1) is 0 Å². The molecular weight excluding hydrogens is 264 g/mol. The average molecular weight is 277 g/mol. The molecule has 0 spiro atoms. The summed E-state index contributed by atoms with van der Waals surface area (Å²) in [6, 6.07) is 15.9. The number of nitrogens with zero attached hydrogens (tertiary/aromatic N) is 1. The molecular formula is C15H13F2NO2. The Kier molecular flexibility index (Phi) is 5.06. The van der Waals surface area contributed by atoms with Crippen molar-refractivity contribution in [3.05, 3.63) is 65.7 Å². The monoisotopic (exact) mass is 277 g/mol. The highest BCUT2D eigenvalue weighted by atomic mass is 19.3. The average Bonchev–Trinajstić information content (AvgIpc) is 2.46. The number of rotatable bonds is 6. The zero-order chi connectivity index (χ0) is 14.2. The normalized spacial score (nSPS) is 10.9. The van der Waals surface area contributed by atoms with Gasteiger partial charge in [-0.2, -0.15) is 8.78 Å². The predicted octanol–water partition coefficient (Wildman–Crippen LogP) is 3.84. The smallest absolute Gasteiger partial charge is 0.387 e. The van der Waals surface area contributed by atoms with Crippen LogP contribution in [-0.4, -0.2) is 12.8 Å². The van der Waals surface area contributed by atoms with E-state index in [0.29, 0.717) is 12.2 Å². The fourth-order valence-electron chi connectivity index (χ4n) is 1.57. The highest BCUT2D eigenvalue weighted by molar-refractivity contribution is 5.83. The molecule has 0 amide bonds. The molecule has 0 saturated heterocycles. The minimum atomic E-state index is -2.87. The number of benzene rings is 2. The van der Waals surface area contributed by atoms with Gasteiger partial charge < -0.3 is 9.57 Å². The van der Waals surface area contributed by atoms with Gasteiger partial charge in [-0.05, 0) is 17.7 Å². The van der Waals surface area contributed by atoms with Crippen LogP contribution in [0, 0.1) is 0 Å². The van der Waals surface area contributed by atoms with Crippen LogP contribution in [0.3, 0.4) is 0 Å². The molecule has 0 fully saturated rings. The van der Waals surface area contributed by atoms with Crippen LogP contribution in [0.4, 0.5) is 8.78 Å². The summed E-state index contributed by atoms with van der Waals surface area (Å²) in [7, 11) is 0. The lowest BCUT2D eigenvalue weighted by molar-refractivity contribution is -0.0499. The van der Waals surface area contributed by atoms with Crippen LogP contribution in [0.2, 0.25) is 0 Å². The first-order valence-electron chi connectivity index (χ1n) is 5.99. The molecule has 0 aromatic heterocycles. The van der Waals surface area contributed by atoms with Gasteiger partial charge in [0.15, 0.2) is 0 Å². The third-order valence-electron chi connectivity index (χ3n) is 2.48. The quantitative estimate of drug-likeness (QED) is 0.593. The number of alkyl halides is 2. The Morgan fingerprint density at radius 3 is 2.45 bits per heavy atom. The Morgan fingerprint density at radius 1 is 1.00 bits per heavy atom. The standard InChI is InChI=1S/C15H13F2NO2/c16-15(17)20-14-9-5-4-8-13(14)10-18-19-11-12-6-2-1-3-7-12/h1-10,15H,11H2/b18-10+. The molecule has 2 aromatic rings. The van der Waals surface area contributed by atoms with Crippen molar-refractivity contribution in [3.8, 4) is 5.75 Å². The van der Waals surface area contributed by atoms with E-state index in [1.807, 2.05) is 30.3 Å². The van der Waals surface area contributed by atoms with Gasteiger partial charge in [-0.1, -0.05) is 47.6 Å². The van der Waals surface area contributed by atoms with Crippen molar-refractivity contribution in [2.45, 2.75) is 13.2 Å². The first-order chi connectivity index (χ1) is 9.75. The van der Waals surface area contributed by atoms with Crippen molar-refractivity contribution >= 4 is 6.21 Å². The van der Waals surface area contributed by atoms with Crippen LogP contribution >= 0.6 is 0 Å². The molecule has 0 saturated carbocycles. The topological polar surface area (TPSA) is 30.8 Å². The van der Waals surface area contributed by atoms with Gasteiger partial charge in [0, 0.05) is 5.56 Å². The van der Waals surface area contributed by atoms with Crippen LogP contribution in [-0.2, 0) is 11.4 Å². The maximum Gasteiger partial charge on any atom is 0.387 e. The van der Waals surface area contributed by atoms with Gasteiger partial charge in [0.2, 0.25) is 0 Å². The molecule has 3 nitrogen and oxygen atoms in total. The van der Waals surface area contributed by atoms with E-state index < -0.39 is 6.61 Å². The van der Waals surface area contributed by atoms with Gasteiger partial charge in [-0.3, -0.25) is 0 Å². The molecule has 0 aliphatic rings. The molecule has 0 aliphatic heterocycles. The van der Waals surface area contributed by atoms with Gasteiger partial charge >= 0.3 is 6.61 Å². The Hall–Kier alpha value is -2.43. The molecule has 0 atom stereocenters. The molecule has 0 heterocycles. The van der Waals surface area contributed by atoms with Crippen molar-refractivity contribution in [2.75, 3.05) is 0 Å². The maximum absolute atomic E-state index is 12.2. The first kappa shape index (κ1) is 14.0. The van der Waals surface area contributed by atoms with Crippen molar-refractivity contribution in [3.63, 3.8) is 0 Å². The van der Waals surface area contributed by atoms with Crippen LogP contribution in [0.15, 0.2) is 59.8 Å². The summed E-state index contributed by atoms with van der Waals surface area (Å²) in [4.78, 5) is 5.11. The zero-order valence-electron chi connectivity index (χ0n) is 10.6. The molecule has 0 unspecified atom stereocenters. The summed E-state index contributed by atoms with van der Waals surface area (Å²) in [5.41, 5.74) is 1.41. The molecule has 5 heteroatoms. The van der Waals surface area contributed by atoms with Crippen LogP contribution in [0.5, 0.6) is 5.75 Å². The molecule has 2 rings (SSSR count). The number of halogens is 2. The second kappa shape index (κ2) is 7.23. The molecule has 0 bridgehead atoms. The van der Waals surface area contributed by atoms with E-state index in [-0.39, 0.29) is 5.75 Å². The molecule has 20 heavy (non-hydrogen) atoms. The predicted molar refractivity (Wildman–Crippen MR) is 71.9 cm³/mol. The Bertz CT molecular complexity index is 559. The summed E-state index contributed by atoms with van der Waals surface area (Å²) in [6.07, 6.45) is 1.35. The molecule has 104 valence electrons. The summed E-state index contributed by atoms with van der Waals surface area (Å²) in [6.45, 7) is -2.55. The van der Waals surface area contributed by atoms with Crippen LogP contribution in [0.1, 0.15) is 11.1 Å². The molecule has 0 radical (unpaired) electrons.